The minimum Gasteiger partial charge on any atom is -0.392 e. The number of nitrogens with zero attached hydrogens (tertiary/aromatic N) is 2. The van der Waals surface area contributed by atoms with E-state index in [0.29, 0.717) is 17.0 Å². The maximum absolute atomic E-state index is 9.21. The molecule has 4 heteroatoms. The number of aliphatic hydroxyl groups is 1. The Hall–Kier alpha value is -0.800. The third-order valence-corrected chi connectivity index (χ3v) is 2.91. The first-order valence-corrected chi connectivity index (χ1v) is 6.35. The minimum absolute atomic E-state index is 0.0536. The van der Waals surface area contributed by atoms with E-state index in [2.05, 4.69) is 37.6 Å². The van der Waals surface area contributed by atoms with E-state index in [1.165, 1.54) is 0 Å². The Morgan fingerprint density at radius 2 is 2.00 bits per heavy atom. The number of rotatable bonds is 5. The van der Waals surface area contributed by atoms with Crippen molar-refractivity contribution in [2.75, 3.05) is 11.4 Å². The first-order chi connectivity index (χ1) is 7.95. The van der Waals surface area contributed by atoms with Gasteiger partial charge in [-0.3, -0.25) is 0 Å². The molecule has 0 aromatic carbocycles. The number of hydrogen-bond acceptors (Lipinski definition) is 3. The van der Waals surface area contributed by atoms with Gasteiger partial charge in [-0.15, -0.1) is 0 Å². The van der Waals surface area contributed by atoms with Crippen molar-refractivity contribution >= 4 is 17.4 Å². The van der Waals surface area contributed by atoms with E-state index < -0.39 is 0 Å². The van der Waals surface area contributed by atoms with Gasteiger partial charge in [-0.1, -0.05) is 25.4 Å². The summed E-state index contributed by atoms with van der Waals surface area (Å²) in [5.74, 6) is 1.44. The van der Waals surface area contributed by atoms with Crippen LogP contribution in [0.4, 0.5) is 5.82 Å². The molecular weight excluding hydrogens is 236 g/mol. The molecule has 17 heavy (non-hydrogen) atoms. The standard InChI is InChI=1S/C13H21ClN2O/c1-9(2)7-16(10(3)4)13-5-11(8-17)12(14)6-15-13/h5-6,9-10,17H,7-8H2,1-4H3. The summed E-state index contributed by atoms with van der Waals surface area (Å²) in [6, 6.07) is 2.24. The molecule has 96 valence electrons. The monoisotopic (exact) mass is 256 g/mol. The fraction of sp³-hybridized carbons (Fsp3) is 0.615. The highest BCUT2D eigenvalue weighted by Gasteiger charge is 2.14. The van der Waals surface area contributed by atoms with Crippen molar-refractivity contribution in [1.29, 1.82) is 0 Å². The van der Waals surface area contributed by atoms with Crippen LogP contribution in [0, 0.1) is 5.92 Å². The van der Waals surface area contributed by atoms with Gasteiger partial charge in [0.1, 0.15) is 5.82 Å². The summed E-state index contributed by atoms with van der Waals surface area (Å²) in [6.45, 7) is 9.52. The zero-order chi connectivity index (χ0) is 13.0. The van der Waals surface area contributed by atoms with E-state index in [9.17, 15) is 5.11 Å². The van der Waals surface area contributed by atoms with Crippen LogP contribution in [0.25, 0.3) is 0 Å². The lowest BCUT2D eigenvalue weighted by Gasteiger charge is -2.30. The Kier molecular flexibility index (Phi) is 5.22. The molecule has 0 saturated carbocycles. The Bertz CT molecular complexity index is 366. The van der Waals surface area contributed by atoms with Gasteiger partial charge in [0.2, 0.25) is 0 Å². The number of halogens is 1. The van der Waals surface area contributed by atoms with Crippen molar-refractivity contribution in [3.05, 3.63) is 22.8 Å². The van der Waals surface area contributed by atoms with Crippen LogP contribution in [0.5, 0.6) is 0 Å². The molecule has 1 aromatic rings. The van der Waals surface area contributed by atoms with Crippen LogP contribution in [0.1, 0.15) is 33.3 Å². The van der Waals surface area contributed by atoms with E-state index in [1.54, 1.807) is 6.20 Å². The molecule has 1 rings (SSSR count). The molecule has 0 unspecified atom stereocenters. The lowest BCUT2D eigenvalue weighted by atomic mass is 10.1. The van der Waals surface area contributed by atoms with Gasteiger partial charge in [-0.2, -0.15) is 0 Å². The molecule has 1 aromatic heterocycles. The second-order valence-corrected chi connectivity index (χ2v) is 5.34. The van der Waals surface area contributed by atoms with E-state index >= 15 is 0 Å². The summed E-state index contributed by atoms with van der Waals surface area (Å²) in [7, 11) is 0. The highest BCUT2D eigenvalue weighted by Crippen LogP contribution is 2.22. The molecule has 0 aliphatic carbocycles. The fourth-order valence-electron chi connectivity index (χ4n) is 1.71. The number of anilines is 1. The van der Waals surface area contributed by atoms with Crippen molar-refractivity contribution in [2.45, 2.75) is 40.3 Å². The Balaban J connectivity index is 3.01. The first-order valence-electron chi connectivity index (χ1n) is 5.97. The maximum atomic E-state index is 9.21. The topological polar surface area (TPSA) is 36.4 Å². The maximum Gasteiger partial charge on any atom is 0.129 e. The van der Waals surface area contributed by atoms with E-state index in [4.69, 9.17) is 11.6 Å². The molecular formula is C13H21ClN2O. The summed E-state index contributed by atoms with van der Waals surface area (Å²) in [4.78, 5) is 6.57. The van der Waals surface area contributed by atoms with Crippen molar-refractivity contribution in [2.24, 2.45) is 5.92 Å². The van der Waals surface area contributed by atoms with Crippen LogP contribution in [0.2, 0.25) is 5.02 Å². The summed E-state index contributed by atoms with van der Waals surface area (Å²) < 4.78 is 0. The predicted molar refractivity (Wildman–Crippen MR) is 72.5 cm³/mol. The quantitative estimate of drug-likeness (QED) is 0.880. The van der Waals surface area contributed by atoms with Crippen LogP contribution < -0.4 is 4.90 Å². The number of aromatic nitrogens is 1. The summed E-state index contributed by atoms with van der Waals surface area (Å²) in [5.41, 5.74) is 0.728. The normalized spacial score (nSPS) is 11.3. The lowest BCUT2D eigenvalue weighted by molar-refractivity contribution is 0.282. The number of pyridine rings is 1. The highest BCUT2D eigenvalue weighted by molar-refractivity contribution is 6.31. The van der Waals surface area contributed by atoms with Gasteiger partial charge in [0.25, 0.3) is 0 Å². The van der Waals surface area contributed by atoms with E-state index in [0.717, 1.165) is 17.9 Å². The van der Waals surface area contributed by atoms with Crippen LogP contribution >= 0.6 is 11.6 Å². The molecule has 1 heterocycles. The zero-order valence-corrected chi connectivity index (χ0v) is 11.7. The summed E-state index contributed by atoms with van der Waals surface area (Å²) >= 11 is 5.95. The predicted octanol–water partition coefficient (Wildman–Crippen LogP) is 3.10. The Morgan fingerprint density at radius 1 is 1.35 bits per heavy atom. The molecule has 1 N–H and O–H groups in total. The van der Waals surface area contributed by atoms with Crippen LogP contribution in [0.15, 0.2) is 12.3 Å². The Labute approximate surface area is 108 Å². The largest absolute Gasteiger partial charge is 0.392 e. The van der Waals surface area contributed by atoms with E-state index in [1.807, 2.05) is 6.07 Å². The van der Waals surface area contributed by atoms with Gasteiger partial charge in [0, 0.05) is 24.3 Å². The van der Waals surface area contributed by atoms with Gasteiger partial charge in [0.15, 0.2) is 0 Å². The SMILES string of the molecule is CC(C)CN(c1cc(CO)c(Cl)cn1)C(C)C. The molecule has 0 saturated heterocycles. The smallest absolute Gasteiger partial charge is 0.129 e. The number of aliphatic hydroxyl groups excluding tert-OH is 1. The summed E-state index contributed by atoms with van der Waals surface area (Å²) in [6.07, 6.45) is 1.61. The molecule has 0 spiro atoms. The molecule has 0 aliphatic rings. The van der Waals surface area contributed by atoms with Gasteiger partial charge < -0.3 is 10.0 Å². The minimum atomic E-state index is -0.0536. The molecule has 0 radical (unpaired) electrons. The Morgan fingerprint density at radius 3 is 2.47 bits per heavy atom. The van der Waals surface area contributed by atoms with Gasteiger partial charge in [-0.25, -0.2) is 4.98 Å². The molecule has 0 aliphatic heterocycles. The van der Waals surface area contributed by atoms with E-state index in [-0.39, 0.29) is 6.61 Å². The van der Waals surface area contributed by atoms with Crippen LogP contribution in [0.3, 0.4) is 0 Å². The average molecular weight is 257 g/mol. The van der Waals surface area contributed by atoms with Crippen LogP contribution in [-0.2, 0) is 6.61 Å². The van der Waals surface area contributed by atoms with Crippen molar-refractivity contribution in [3.8, 4) is 0 Å². The van der Waals surface area contributed by atoms with Crippen molar-refractivity contribution in [3.63, 3.8) is 0 Å². The van der Waals surface area contributed by atoms with Crippen LogP contribution in [-0.4, -0.2) is 22.7 Å². The third kappa shape index (κ3) is 3.86. The van der Waals surface area contributed by atoms with Gasteiger partial charge in [0.05, 0.1) is 11.6 Å². The zero-order valence-electron chi connectivity index (χ0n) is 10.9. The second kappa shape index (κ2) is 6.22. The number of hydrogen-bond donors (Lipinski definition) is 1. The van der Waals surface area contributed by atoms with Crippen molar-refractivity contribution < 1.29 is 5.11 Å². The fourth-order valence-corrected chi connectivity index (χ4v) is 1.87. The lowest BCUT2D eigenvalue weighted by Crippen LogP contribution is -2.34. The van der Waals surface area contributed by atoms with Gasteiger partial charge in [-0.05, 0) is 25.8 Å². The average Bonchev–Trinajstić information content (AvgIpc) is 2.26. The molecule has 0 fully saturated rings. The molecule has 0 amide bonds. The molecule has 0 atom stereocenters. The molecule has 0 bridgehead atoms. The third-order valence-electron chi connectivity index (χ3n) is 2.57. The van der Waals surface area contributed by atoms with Crippen molar-refractivity contribution in [1.82, 2.24) is 4.98 Å². The summed E-state index contributed by atoms with van der Waals surface area (Å²) in [5, 5.41) is 9.73. The highest BCUT2D eigenvalue weighted by atomic mass is 35.5. The van der Waals surface area contributed by atoms with Gasteiger partial charge >= 0.3 is 0 Å². The molecule has 3 nitrogen and oxygen atoms in total. The first kappa shape index (κ1) is 14.3. The second-order valence-electron chi connectivity index (χ2n) is 4.93.